The first-order valence-corrected chi connectivity index (χ1v) is 6.60. The fourth-order valence-corrected chi connectivity index (χ4v) is 2.04. The minimum absolute atomic E-state index is 0.0865. The van der Waals surface area contributed by atoms with Crippen LogP contribution in [0.3, 0.4) is 0 Å². The number of hydrogen-bond donors (Lipinski definition) is 2. The lowest BCUT2D eigenvalue weighted by Gasteiger charge is -2.27. The lowest BCUT2D eigenvalue weighted by atomic mass is 10.2. The second-order valence-electron chi connectivity index (χ2n) is 5.13. The molecule has 18 heavy (non-hydrogen) atoms. The van der Waals surface area contributed by atoms with Crippen molar-refractivity contribution >= 4 is 5.82 Å². The largest absolute Gasteiger partial charge is 0.396 e. The molecule has 100 valence electrons. The van der Waals surface area contributed by atoms with Crippen LogP contribution in [0.1, 0.15) is 44.9 Å². The third-order valence-electron chi connectivity index (χ3n) is 3.19. The molecule has 0 aliphatic heterocycles. The predicted octanol–water partition coefficient (Wildman–Crippen LogP) is 1.24. The number of aliphatic hydroxyl groups is 1. The summed E-state index contributed by atoms with van der Waals surface area (Å²) in [6, 6.07) is 1.81. The van der Waals surface area contributed by atoms with Gasteiger partial charge in [-0.3, -0.25) is 4.79 Å². The standard InChI is InChI=1S/C13H21N3O2/c1-9(2)16(6-3-7-17)11-8-12(18)15-13(14-11)10-4-5-10/h8-10,17H,3-7H2,1-2H3,(H,14,15,18). The van der Waals surface area contributed by atoms with Crippen molar-refractivity contribution in [3.05, 3.63) is 22.2 Å². The Morgan fingerprint density at radius 3 is 2.83 bits per heavy atom. The number of anilines is 1. The Labute approximate surface area is 107 Å². The molecule has 5 nitrogen and oxygen atoms in total. The predicted molar refractivity (Wildman–Crippen MR) is 71.0 cm³/mol. The van der Waals surface area contributed by atoms with Crippen LogP contribution in [0.4, 0.5) is 5.82 Å². The van der Waals surface area contributed by atoms with Gasteiger partial charge in [0, 0.05) is 31.2 Å². The number of hydrogen-bond acceptors (Lipinski definition) is 4. The topological polar surface area (TPSA) is 69.2 Å². The monoisotopic (exact) mass is 251 g/mol. The van der Waals surface area contributed by atoms with Crippen LogP contribution in [-0.2, 0) is 0 Å². The van der Waals surface area contributed by atoms with Gasteiger partial charge in [-0.1, -0.05) is 0 Å². The van der Waals surface area contributed by atoms with Crippen molar-refractivity contribution in [2.75, 3.05) is 18.1 Å². The molecule has 0 spiro atoms. The zero-order chi connectivity index (χ0) is 13.1. The van der Waals surface area contributed by atoms with Crippen LogP contribution in [0.2, 0.25) is 0 Å². The summed E-state index contributed by atoms with van der Waals surface area (Å²) in [5.41, 5.74) is -0.0865. The lowest BCUT2D eigenvalue weighted by Crippen LogP contribution is -2.34. The Morgan fingerprint density at radius 1 is 1.56 bits per heavy atom. The van der Waals surface area contributed by atoms with E-state index in [1.807, 2.05) is 0 Å². The molecular formula is C13H21N3O2. The maximum absolute atomic E-state index is 11.7. The van der Waals surface area contributed by atoms with Crippen molar-refractivity contribution in [3.63, 3.8) is 0 Å². The molecule has 1 aromatic heterocycles. The molecule has 0 aromatic carbocycles. The normalized spacial score (nSPS) is 15.1. The average molecular weight is 251 g/mol. The zero-order valence-corrected chi connectivity index (χ0v) is 11.0. The fraction of sp³-hybridized carbons (Fsp3) is 0.692. The molecule has 0 amide bonds. The summed E-state index contributed by atoms with van der Waals surface area (Å²) in [5, 5.41) is 8.94. The van der Waals surface area contributed by atoms with Gasteiger partial charge in [0.1, 0.15) is 11.6 Å². The smallest absolute Gasteiger partial charge is 0.252 e. The Kier molecular flexibility index (Phi) is 4.01. The molecule has 0 radical (unpaired) electrons. The van der Waals surface area contributed by atoms with E-state index in [0.717, 1.165) is 24.5 Å². The summed E-state index contributed by atoms with van der Waals surface area (Å²) >= 11 is 0. The van der Waals surface area contributed by atoms with Gasteiger partial charge in [0.15, 0.2) is 0 Å². The van der Waals surface area contributed by atoms with E-state index in [-0.39, 0.29) is 18.2 Å². The van der Waals surface area contributed by atoms with Crippen LogP contribution in [0.25, 0.3) is 0 Å². The van der Waals surface area contributed by atoms with Gasteiger partial charge in [-0.15, -0.1) is 0 Å². The van der Waals surface area contributed by atoms with Gasteiger partial charge < -0.3 is 15.0 Å². The summed E-state index contributed by atoms with van der Waals surface area (Å²) in [6.45, 7) is 5.00. The van der Waals surface area contributed by atoms with Crippen molar-refractivity contribution in [2.45, 2.75) is 45.1 Å². The first-order valence-electron chi connectivity index (χ1n) is 6.60. The Morgan fingerprint density at radius 2 is 2.28 bits per heavy atom. The molecule has 0 atom stereocenters. The van der Waals surface area contributed by atoms with E-state index in [4.69, 9.17) is 5.11 Å². The molecular weight excluding hydrogens is 230 g/mol. The number of H-pyrrole nitrogens is 1. The van der Waals surface area contributed by atoms with E-state index in [1.165, 1.54) is 0 Å². The second kappa shape index (κ2) is 5.52. The van der Waals surface area contributed by atoms with Crippen molar-refractivity contribution in [2.24, 2.45) is 0 Å². The number of nitrogens with zero attached hydrogens (tertiary/aromatic N) is 2. The highest BCUT2D eigenvalue weighted by molar-refractivity contribution is 5.39. The zero-order valence-electron chi connectivity index (χ0n) is 11.0. The van der Waals surface area contributed by atoms with E-state index >= 15 is 0 Å². The quantitative estimate of drug-likeness (QED) is 0.798. The SMILES string of the molecule is CC(C)N(CCCO)c1cc(=O)[nH]c(C2CC2)n1. The number of rotatable bonds is 6. The lowest BCUT2D eigenvalue weighted by molar-refractivity contribution is 0.288. The van der Waals surface area contributed by atoms with Gasteiger partial charge in [-0.2, -0.15) is 0 Å². The van der Waals surface area contributed by atoms with E-state index in [2.05, 4.69) is 28.7 Å². The molecule has 1 aliphatic rings. The van der Waals surface area contributed by atoms with Crippen molar-refractivity contribution < 1.29 is 5.11 Å². The van der Waals surface area contributed by atoms with Crippen molar-refractivity contribution in [1.29, 1.82) is 0 Å². The van der Waals surface area contributed by atoms with Crippen LogP contribution >= 0.6 is 0 Å². The van der Waals surface area contributed by atoms with Crippen LogP contribution in [0, 0.1) is 0 Å². The van der Waals surface area contributed by atoms with E-state index in [1.54, 1.807) is 6.07 Å². The fourth-order valence-electron chi connectivity index (χ4n) is 2.04. The molecule has 2 rings (SSSR count). The van der Waals surface area contributed by atoms with Crippen LogP contribution in [-0.4, -0.2) is 34.3 Å². The average Bonchev–Trinajstić information content (AvgIpc) is 3.12. The van der Waals surface area contributed by atoms with E-state index < -0.39 is 0 Å². The molecule has 1 aromatic rings. The summed E-state index contributed by atoms with van der Waals surface area (Å²) in [7, 11) is 0. The molecule has 2 N–H and O–H groups in total. The molecule has 1 heterocycles. The van der Waals surface area contributed by atoms with Crippen LogP contribution in [0.5, 0.6) is 0 Å². The van der Waals surface area contributed by atoms with Crippen LogP contribution in [0.15, 0.2) is 10.9 Å². The molecule has 0 unspecified atom stereocenters. The third-order valence-corrected chi connectivity index (χ3v) is 3.19. The second-order valence-corrected chi connectivity index (χ2v) is 5.13. The summed E-state index contributed by atoms with van der Waals surface area (Å²) in [6.07, 6.45) is 2.92. The highest BCUT2D eigenvalue weighted by Gasteiger charge is 2.27. The molecule has 1 saturated carbocycles. The molecule has 0 bridgehead atoms. The maximum atomic E-state index is 11.7. The number of aliphatic hydroxyl groups excluding tert-OH is 1. The van der Waals surface area contributed by atoms with Gasteiger partial charge in [0.2, 0.25) is 0 Å². The number of nitrogens with one attached hydrogen (secondary N) is 1. The summed E-state index contributed by atoms with van der Waals surface area (Å²) < 4.78 is 0. The third kappa shape index (κ3) is 3.10. The van der Waals surface area contributed by atoms with E-state index in [9.17, 15) is 4.79 Å². The Balaban J connectivity index is 2.25. The van der Waals surface area contributed by atoms with Gasteiger partial charge in [-0.05, 0) is 33.1 Å². The van der Waals surface area contributed by atoms with E-state index in [0.29, 0.717) is 18.9 Å². The first-order chi connectivity index (χ1) is 8.61. The summed E-state index contributed by atoms with van der Waals surface area (Å²) in [5.74, 6) is 1.97. The van der Waals surface area contributed by atoms with Crippen molar-refractivity contribution in [3.8, 4) is 0 Å². The van der Waals surface area contributed by atoms with Gasteiger partial charge in [-0.25, -0.2) is 4.98 Å². The minimum atomic E-state index is -0.0865. The first kappa shape index (κ1) is 13.1. The van der Waals surface area contributed by atoms with Gasteiger partial charge in [0.25, 0.3) is 5.56 Å². The van der Waals surface area contributed by atoms with Crippen LogP contribution < -0.4 is 10.5 Å². The number of aromatic amines is 1. The van der Waals surface area contributed by atoms with Gasteiger partial charge >= 0.3 is 0 Å². The minimum Gasteiger partial charge on any atom is -0.396 e. The molecule has 5 heteroatoms. The Hall–Kier alpha value is -1.36. The molecule has 1 aliphatic carbocycles. The molecule has 1 fully saturated rings. The number of aromatic nitrogens is 2. The highest BCUT2D eigenvalue weighted by Crippen LogP contribution is 2.37. The van der Waals surface area contributed by atoms with Crippen molar-refractivity contribution in [1.82, 2.24) is 9.97 Å². The highest BCUT2D eigenvalue weighted by atomic mass is 16.3. The molecule has 0 saturated heterocycles. The summed E-state index contributed by atoms with van der Waals surface area (Å²) in [4.78, 5) is 21.1. The van der Waals surface area contributed by atoms with Gasteiger partial charge in [0.05, 0.1) is 0 Å². The maximum Gasteiger partial charge on any atom is 0.252 e. The Bertz CT molecular complexity index is 452.